The van der Waals surface area contributed by atoms with Crippen LogP contribution in [0.1, 0.15) is 38.5 Å². The third-order valence-corrected chi connectivity index (χ3v) is 5.89. The molecule has 0 unspecified atom stereocenters. The van der Waals surface area contributed by atoms with Gasteiger partial charge in [-0.2, -0.15) is 0 Å². The number of sulfonamides is 1. The SMILES string of the molecule is CS(=O)(=O)N(CCCC(=O)NCCCN1CCCCC1)c1ccccc1F. The van der Waals surface area contributed by atoms with Gasteiger partial charge in [0.2, 0.25) is 15.9 Å². The normalized spacial score (nSPS) is 15.5. The molecular weight excluding hydrogens is 369 g/mol. The molecule has 1 amide bonds. The van der Waals surface area contributed by atoms with E-state index in [1.807, 2.05) is 0 Å². The Kier molecular flexibility index (Phi) is 8.50. The van der Waals surface area contributed by atoms with Crippen LogP contribution in [0.15, 0.2) is 24.3 Å². The topological polar surface area (TPSA) is 69.7 Å². The molecule has 8 heteroatoms. The number of halogens is 1. The molecule has 0 spiro atoms. The average molecular weight is 400 g/mol. The zero-order chi connectivity index (χ0) is 19.7. The molecule has 1 heterocycles. The molecule has 1 fully saturated rings. The number of amides is 1. The average Bonchev–Trinajstić information content (AvgIpc) is 2.63. The highest BCUT2D eigenvalue weighted by atomic mass is 32.2. The fourth-order valence-electron chi connectivity index (χ4n) is 3.30. The first-order valence-electron chi connectivity index (χ1n) is 9.59. The Balaban J connectivity index is 1.71. The van der Waals surface area contributed by atoms with E-state index in [0.29, 0.717) is 13.0 Å². The molecule has 1 N–H and O–H groups in total. The molecule has 2 rings (SSSR count). The maximum absolute atomic E-state index is 13.9. The number of hydrogen-bond acceptors (Lipinski definition) is 4. The van der Waals surface area contributed by atoms with Gasteiger partial charge in [0.1, 0.15) is 5.82 Å². The fourth-order valence-corrected chi connectivity index (χ4v) is 4.27. The van der Waals surface area contributed by atoms with E-state index in [1.165, 1.54) is 37.5 Å². The number of rotatable bonds is 10. The van der Waals surface area contributed by atoms with Crippen LogP contribution in [0, 0.1) is 5.82 Å². The Morgan fingerprint density at radius 1 is 1.19 bits per heavy atom. The fraction of sp³-hybridized carbons (Fsp3) is 0.632. The summed E-state index contributed by atoms with van der Waals surface area (Å²) in [6, 6.07) is 5.75. The minimum Gasteiger partial charge on any atom is -0.356 e. The van der Waals surface area contributed by atoms with Crippen molar-refractivity contribution in [3.05, 3.63) is 30.1 Å². The van der Waals surface area contributed by atoms with Crippen LogP contribution in [-0.2, 0) is 14.8 Å². The number of benzene rings is 1. The molecule has 0 atom stereocenters. The van der Waals surface area contributed by atoms with Gasteiger partial charge in [-0.15, -0.1) is 0 Å². The Hall–Kier alpha value is -1.67. The Morgan fingerprint density at radius 3 is 2.56 bits per heavy atom. The number of hydrogen-bond donors (Lipinski definition) is 1. The summed E-state index contributed by atoms with van der Waals surface area (Å²) in [5, 5.41) is 2.88. The largest absolute Gasteiger partial charge is 0.356 e. The van der Waals surface area contributed by atoms with E-state index in [9.17, 15) is 17.6 Å². The van der Waals surface area contributed by atoms with E-state index >= 15 is 0 Å². The second-order valence-corrected chi connectivity index (χ2v) is 8.90. The number of anilines is 1. The predicted molar refractivity (Wildman–Crippen MR) is 106 cm³/mol. The Bertz CT molecular complexity index is 706. The molecule has 27 heavy (non-hydrogen) atoms. The highest BCUT2D eigenvalue weighted by Gasteiger charge is 2.20. The van der Waals surface area contributed by atoms with Crippen LogP contribution in [0.5, 0.6) is 0 Å². The van der Waals surface area contributed by atoms with E-state index < -0.39 is 15.8 Å². The molecule has 6 nitrogen and oxygen atoms in total. The van der Waals surface area contributed by atoms with Gasteiger partial charge in [-0.3, -0.25) is 9.10 Å². The summed E-state index contributed by atoms with van der Waals surface area (Å²) < 4.78 is 38.9. The number of piperidine rings is 1. The molecule has 1 saturated heterocycles. The minimum absolute atomic E-state index is 0.0157. The Labute approximate surface area is 161 Å². The standard InChI is InChI=1S/C19H30FN3O3S/c1-27(25,26)23(18-10-4-3-9-17(18)20)16-7-11-19(24)21-12-8-15-22-13-5-2-6-14-22/h3-4,9-10H,2,5-8,11-16H2,1H3,(H,21,24). The summed E-state index contributed by atoms with van der Waals surface area (Å²) in [4.78, 5) is 14.4. The van der Waals surface area contributed by atoms with Gasteiger partial charge in [0, 0.05) is 19.5 Å². The molecule has 0 aromatic heterocycles. The van der Waals surface area contributed by atoms with Gasteiger partial charge < -0.3 is 10.2 Å². The van der Waals surface area contributed by atoms with Crippen molar-refractivity contribution in [3.63, 3.8) is 0 Å². The quantitative estimate of drug-likeness (QED) is 0.613. The van der Waals surface area contributed by atoms with Gasteiger partial charge in [0.15, 0.2) is 0 Å². The lowest BCUT2D eigenvalue weighted by Gasteiger charge is -2.26. The lowest BCUT2D eigenvalue weighted by molar-refractivity contribution is -0.121. The van der Waals surface area contributed by atoms with Crippen molar-refractivity contribution >= 4 is 21.6 Å². The smallest absolute Gasteiger partial charge is 0.232 e. The maximum atomic E-state index is 13.9. The summed E-state index contributed by atoms with van der Waals surface area (Å²) in [7, 11) is -3.62. The van der Waals surface area contributed by atoms with Gasteiger partial charge >= 0.3 is 0 Å². The highest BCUT2D eigenvalue weighted by Crippen LogP contribution is 2.21. The molecule has 1 aliphatic rings. The molecule has 1 aromatic rings. The van der Waals surface area contributed by atoms with Crippen molar-refractivity contribution in [2.24, 2.45) is 0 Å². The minimum atomic E-state index is -3.62. The van der Waals surface area contributed by atoms with Crippen molar-refractivity contribution in [1.82, 2.24) is 10.2 Å². The molecule has 0 bridgehead atoms. The first-order chi connectivity index (χ1) is 12.9. The lowest BCUT2D eigenvalue weighted by atomic mass is 10.1. The zero-order valence-electron chi connectivity index (χ0n) is 16.0. The molecule has 152 valence electrons. The highest BCUT2D eigenvalue weighted by molar-refractivity contribution is 7.92. The van der Waals surface area contributed by atoms with Crippen LogP contribution in [0.25, 0.3) is 0 Å². The van der Waals surface area contributed by atoms with Crippen LogP contribution in [0.3, 0.4) is 0 Å². The van der Waals surface area contributed by atoms with Crippen molar-refractivity contribution in [1.29, 1.82) is 0 Å². The number of likely N-dealkylation sites (tertiary alicyclic amines) is 1. The molecular formula is C19H30FN3O3S. The third-order valence-electron chi connectivity index (χ3n) is 4.71. The summed E-state index contributed by atoms with van der Waals surface area (Å²) in [6.07, 6.45) is 6.32. The van der Waals surface area contributed by atoms with Gasteiger partial charge in [-0.25, -0.2) is 12.8 Å². The first-order valence-corrected chi connectivity index (χ1v) is 11.4. The molecule has 0 aliphatic carbocycles. The van der Waals surface area contributed by atoms with Gasteiger partial charge in [0.25, 0.3) is 0 Å². The van der Waals surface area contributed by atoms with E-state index in [1.54, 1.807) is 6.07 Å². The summed E-state index contributed by atoms with van der Waals surface area (Å²) in [5.74, 6) is -0.694. The second kappa shape index (κ2) is 10.6. The van der Waals surface area contributed by atoms with Crippen LogP contribution in [0.2, 0.25) is 0 Å². The second-order valence-electron chi connectivity index (χ2n) is 7.00. The van der Waals surface area contributed by atoms with Crippen LogP contribution in [0.4, 0.5) is 10.1 Å². The van der Waals surface area contributed by atoms with Crippen molar-refractivity contribution in [2.45, 2.75) is 38.5 Å². The lowest BCUT2D eigenvalue weighted by Crippen LogP contribution is -2.34. The number of carbonyl (C=O) groups is 1. The van der Waals surface area contributed by atoms with E-state index in [4.69, 9.17) is 0 Å². The molecule has 1 aromatic carbocycles. The summed E-state index contributed by atoms with van der Waals surface area (Å²) in [5.41, 5.74) is 0.0157. The van der Waals surface area contributed by atoms with E-state index in [-0.39, 0.29) is 24.6 Å². The van der Waals surface area contributed by atoms with E-state index in [2.05, 4.69) is 10.2 Å². The number of para-hydroxylation sites is 1. The van der Waals surface area contributed by atoms with Crippen molar-refractivity contribution in [2.75, 3.05) is 43.3 Å². The van der Waals surface area contributed by atoms with Crippen LogP contribution in [-0.4, -0.2) is 58.2 Å². The van der Waals surface area contributed by atoms with Gasteiger partial charge in [-0.05, 0) is 57.5 Å². The molecule has 1 aliphatic heterocycles. The zero-order valence-corrected chi connectivity index (χ0v) is 16.8. The van der Waals surface area contributed by atoms with Crippen LogP contribution < -0.4 is 9.62 Å². The maximum Gasteiger partial charge on any atom is 0.232 e. The van der Waals surface area contributed by atoms with Gasteiger partial charge in [0.05, 0.1) is 11.9 Å². The predicted octanol–water partition coefficient (Wildman–Crippen LogP) is 2.36. The molecule has 0 radical (unpaired) electrons. The Morgan fingerprint density at radius 2 is 1.89 bits per heavy atom. The van der Waals surface area contributed by atoms with Crippen LogP contribution >= 0.6 is 0 Å². The van der Waals surface area contributed by atoms with Crippen molar-refractivity contribution in [3.8, 4) is 0 Å². The number of nitrogens with zero attached hydrogens (tertiary/aromatic N) is 2. The molecule has 0 saturated carbocycles. The summed E-state index contributed by atoms with van der Waals surface area (Å²) >= 11 is 0. The van der Waals surface area contributed by atoms with Crippen molar-refractivity contribution < 1.29 is 17.6 Å². The van der Waals surface area contributed by atoms with E-state index in [0.717, 1.165) is 36.6 Å². The third kappa shape index (κ3) is 7.46. The summed E-state index contributed by atoms with van der Waals surface area (Å²) in [6.45, 7) is 3.98. The number of nitrogens with one attached hydrogen (secondary N) is 1. The number of carbonyl (C=O) groups excluding carboxylic acids is 1. The monoisotopic (exact) mass is 399 g/mol. The first kappa shape index (κ1) is 21.6. The van der Waals surface area contributed by atoms with Gasteiger partial charge in [-0.1, -0.05) is 18.6 Å².